The number of rotatable bonds is 8. The molecule has 27 heavy (non-hydrogen) atoms. The number of nitrogens with zero attached hydrogens (tertiary/aromatic N) is 1. The maximum Gasteiger partial charge on any atom is 0.191 e. The maximum absolute atomic E-state index is 13.5. The van der Waals surface area contributed by atoms with Gasteiger partial charge in [0.25, 0.3) is 0 Å². The standard InChI is InChI=1S/C19H23F2N3O3/c1-3-22-19(24-12-13-4-6-18(26-2)16(25)10-13)23-8-9-27-17-7-5-14(20)11-15(17)21/h4-7,10-11,25H,3,8-9,12H2,1-2H3,(H2,22,23,24). The van der Waals surface area contributed by atoms with Crippen LogP contribution in [0.25, 0.3) is 0 Å². The number of aliphatic imine (C=N–C) groups is 1. The number of nitrogens with one attached hydrogen (secondary N) is 2. The zero-order valence-electron chi connectivity index (χ0n) is 15.3. The van der Waals surface area contributed by atoms with Crippen LogP contribution in [0.15, 0.2) is 41.4 Å². The number of methoxy groups -OCH3 is 1. The lowest BCUT2D eigenvalue weighted by molar-refractivity contribution is 0.304. The van der Waals surface area contributed by atoms with Crippen molar-refractivity contribution in [1.82, 2.24) is 10.6 Å². The van der Waals surface area contributed by atoms with Crippen LogP contribution in [-0.2, 0) is 6.54 Å². The largest absolute Gasteiger partial charge is 0.504 e. The quantitative estimate of drug-likeness (QED) is 0.374. The topological polar surface area (TPSA) is 75.1 Å². The Morgan fingerprint density at radius 2 is 1.89 bits per heavy atom. The van der Waals surface area contributed by atoms with Crippen LogP contribution < -0.4 is 20.1 Å². The molecule has 3 N–H and O–H groups in total. The second-order valence-electron chi connectivity index (χ2n) is 5.55. The summed E-state index contributed by atoms with van der Waals surface area (Å²) in [5.74, 6) is -0.389. The van der Waals surface area contributed by atoms with Crippen LogP contribution >= 0.6 is 0 Å². The lowest BCUT2D eigenvalue weighted by Gasteiger charge is -2.12. The van der Waals surface area contributed by atoms with E-state index >= 15 is 0 Å². The molecule has 0 aliphatic carbocycles. The van der Waals surface area contributed by atoms with Crippen molar-refractivity contribution in [3.8, 4) is 17.2 Å². The van der Waals surface area contributed by atoms with Gasteiger partial charge in [0.2, 0.25) is 0 Å². The summed E-state index contributed by atoms with van der Waals surface area (Å²) in [4.78, 5) is 4.42. The van der Waals surface area contributed by atoms with Crippen LogP contribution in [0.1, 0.15) is 12.5 Å². The molecule has 0 aliphatic rings. The molecule has 6 nitrogen and oxygen atoms in total. The fraction of sp³-hybridized carbons (Fsp3) is 0.316. The van der Waals surface area contributed by atoms with Gasteiger partial charge in [0.1, 0.15) is 12.4 Å². The van der Waals surface area contributed by atoms with Crippen LogP contribution in [-0.4, -0.2) is 37.9 Å². The Hall–Kier alpha value is -3.03. The number of aromatic hydroxyl groups is 1. The van der Waals surface area contributed by atoms with Gasteiger partial charge < -0.3 is 25.2 Å². The van der Waals surface area contributed by atoms with Crippen molar-refractivity contribution in [2.75, 3.05) is 26.8 Å². The summed E-state index contributed by atoms with van der Waals surface area (Å²) in [7, 11) is 1.49. The Bertz CT molecular complexity index is 785. The minimum absolute atomic E-state index is 0.00570. The number of phenolic OH excluding ortho intramolecular Hbond substituents is 1. The second-order valence-corrected chi connectivity index (χ2v) is 5.55. The van der Waals surface area contributed by atoms with Gasteiger partial charge in [-0.15, -0.1) is 0 Å². The number of hydrogen-bond acceptors (Lipinski definition) is 4. The zero-order valence-corrected chi connectivity index (χ0v) is 15.3. The van der Waals surface area contributed by atoms with E-state index in [1.165, 1.54) is 13.2 Å². The van der Waals surface area contributed by atoms with Crippen molar-refractivity contribution in [2.45, 2.75) is 13.5 Å². The van der Waals surface area contributed by atoms with E-state index in [4.69, 9.17) is 9.47 Å². The first kappa shape index (κ1) is 20.3. The van der Waals surface area contributed by atoms with Gasteiger partial charge in [0, 0.05) is 12.6 Å². The van der Waals surface area contributed by atoms with Gasteiger partial charge >= 0.3 is 0 Å². The number of halogens is 2. The predicted octanol–water partition coefficient (Wildman–Crippen LogP) is 2.81. The highest BCUT2D eigenvalue weighted by atomic mass is 19.1. The predicted molar refractivity (Wildman–Crippen MR) is 99.3 cm³/mol. The minimum atomic E-state index is -0.741. The molecule has 2 aromatic rings. The average molecular weight is 379 g/mol. The average Bonchev–Trinajstić information content (AvgIpc) is 2.64. The summed E-state index contributed by atoms with van der Waals surface area (Å²) in [5, 5.41) is 15.9. The Morgan fingerprint density at radius 3 is 2.56 bits per heavy atom. The fourth-order valence-corrected chi connectivity index (χ4v) is 2.27. The first-order chi connectivity index (χ1) is 13.0. The third kappa shape index (κ3) is 6.32. The molecule has 0 amide bonds. The molecule has 2 rings (SSSR count). The van der Waals surface area contributed by atoms with Crippen LogP contribution in [0.2, 0.25) is 0 Å². The summed E-state index contributed by atoms with van der Waals surface area (Å²) in [5.41, 5.74) is 0.815. The molecule has 2 aromatic carbocycles. The van der Waals surface area contributed by atoms with E-state index in [-0.39, 0.29) is 18.1 Å². The number of hydrogen-bond donors (Lipinski definition) is 3. The molecule has 0 unspecified atom stereocenters. The van der Waals surface area contributed by atoms with Gasteiger partial charge in [-0.25, -0.2) is 13.8 Å². The van der Waals surface area contributed by atoms with Gasteiger partial charge in [0.05, 0.1) is 20.2 Å². The zero-order chi connectivity index (χ0) is 19.6. The fourth-order valence-electron chi connectivity index (χ4n) is 2.27. The smallest absolute Gasteiger partial charge is 0.191 e. The first-order valence-corrected chi connectivity index (χ1v) is 8.49. The Labute approximate surface area is 156 Å². The summed E-state index contributed by atoms with van der Waals surface area (Å²) >= 11 is 0. The highest BCUT2D eigenvalue weighted by Crippen LogP contribution is 2.26. The maximum atomic E-state index is 13.5. The van der Waals surface area contributed by atoms with E-state index in [1.807, 2.05) is 13.0 Å². The highest BCUT2D eigenvalue weighted by Gasteiger charge is 2.05. The molecule has 0 saturated carbocycles. The second kappa shape index (κ2) is 10.2. The molecule has 0 heterocycles. The normalized spacial score (nSPS) is 11.2. The summed E-state index contributed by atoms with van der Waals surface area (Å²) in [6.45, 7) is 3.49. The molecule has 0 radical (unpaired) electrons. The van der Waals surface area contributed by atoms with Crippen molar-refractivity contribution in [1.29, 1.82) is 0 Å². The number of ether oxygens (including phenoxy) is 2. The molecule has 146 valence electrons. The van der Waals surface area contributed by atoms with Crippen molar-refractivity contribution in [3.05, 3.63) is 53.6 Å². The molecule has 0 aliphatic heterocycles. The Kier molecular flexibility index (Phi) is 7.66. The monoisotopic (exact) mass is 379 g/mol. The van der Waals surface area contributed by atoms with Crippen molar-refractivity contribution >= 4 is 5.96 Å². The Morgan fingerprint density at radius 1 is 1.11 bits per heavy atom. The highest BCUT2D eigenvalue weighted by molar-refractivity contribution is 5.79. The summed E-state index contributed by atoms with van der Waals surface area (Å²) in [6.07, 6.45) is 0. The van der Waals surface area contributed by atoms with E-state index in [2.05, 4.69) is 15.6 Å². The molecular formula is C19H23F2N3O3. The van der Waals surface area contributed by atoms with E-state index < -0.39 is 11.6 Å². The van der Waals surface area contributed by atoms with Crippen LogP contribution in [0.5, 0.6) is 17.2 Å². The van der Waals surface area contributed by atoms with Gasteiger partial charge in [-0.3, -0.25) is 0 Å². The van der Waals surface area contributed by atoms with Gasteiger partial charge in [-0.2, -0.15) is 0 Å². The SMILES string of the molecule is CCNC(=NCc1ccc(OC)c(O)c1)NCCOc1ccc(F)cc1F. The van der Waals surface area contributed by atoms with E-state index in [0.717, 1.165) is 17.7 Å². The van der Waals surface area contributed by atoms with E-state index in [9.17, 15) is 13.9 Å². The number of guanidine groups is 1. The van der Waals surface area contributed by atoms with Gasteiger partial charge in [0.15, 0.2) is 29.0 Å². The number of benzene rings is 2. The minimum Gasteiger partial charge on any atom is -0.504 e. The van der Waals surface area contributed by atoms with Crippen molar-refractivity contribution < 1.29 is 23.4 Å². The van der Waals surface area contributed by atoms with E-state index in [0.29, 0.717) is 31.3 Å². The van der Waals surface area contributed by atoms with Gasteiger partial charge in [-0.05, 0) is 36.8 Å². The third-order valence-corrected chi connectivity index (χ3v) is 3.55. The molecule has 0 atom stereocenters. The van der Waals surface area contributed by atoms with Crippen LogP contribution in [0, 0.1) is 11.6 Å². The van der Waals surface area contributed by atoms with Crippen LogP contribution in [0.4, 0.5) is 8.78 Å². The molecule has 0 saturated heterocycles. The molecule has 0 spiro atoms. The van der Waals surface area contributed by atoms with Crippen LogP contribution in [0.3, 0.4) is 0 Å². The van der Waals surface area contributed by atoms with Gasteiger partial charge in [-0.1, -0.05) is 6.07 Å². The summed E-state index contributed by atoms with van der Waals surface area (Å²) in [6, 6.07) is 8.24. The van der Waals surface area contributed by atoms with E-state index in [1.54, 1.807) is 12.1 Å². The first-order valence-electron chi connectivity index (χ1n) is 8.49. The van der Waals surface area contributed by atoms with Crippen molar-refractivity contribution in [3.63, 3.8) is 0 Å². The molecule has 0 fully saturated rings. The lowest BCUT2D eigenvalue weighted by atomic mass is 10.2. The molecule has 0 bridgehead atoms. The lowest BCUT2D eigenvalue weighted by Crippen LogP contribution is -2.39. The third-order valence-electron chi connectivity index (χ3n) is 3.55. The summed E-state index contributed by atoms with van der Waals surface area (Å²) < 4.78 is 36.7. The molecular weight excluding hydrogens is 356 g/mol. The molecule has 0 aromatic heterocycles. The number of phenols is 1. The molecule has 8 heteroatoms. The van der Waals surface area contributed by atoms with Crippen molar-refractivity contribution in [2.24, 2.45) is 4.99 Å². The Balaban J connectivity index is 1.87.